The molecule has 1 aliphatic heterocycles. The standard InChI is InChI=1S/C23H22N4O2S/c1-15-8-10-19(12-16(15)2)27-14-18(13-21(27)29)22-25-26-23(30-22)24-20(28)11-9-17-6-4-3-5-7-17/h3-12,18H,13-14H2,1-2H3,(H,24,26,28)/b11-9+. The molecule has 30 heavy (non-hydrogen) atoms. The van der Waals surface area contributed by atoms with E-state index in [0.717, 1.165) is 21.8 Å². The first kappa shape index (κ1) is 20.0. The van der Waals surface area contributed by atoms with Crippen LogP contribution in [-0.4, -0.2) is 28.6 Å². The van der Waals surface area contributed by atoms with Gasteiger partial charge in [0.25, 0.3) is 0 Å². The third kappa shape index (κ3) is 4.46. The lowest BCUT2D eigenvalue weighted by atomic mass is 10.1. The molecule has 1 saturated heterocycles. The van der Waals surface area contributed by atoms with Gasteiger partial charge in [0.1, 0.15) is 5.01 Å². The van der Waals surface area contributed by atoms with Crippen LogP contribution in [0.2, 0.25) is 0 Å². The van der Waals surface area contributed by atoms with E-state index in [1.807, 2.05) is 55.5 Å². The van der Waals surface area contributed by atoms with Gasteiger partial charge < -0.3 is 4.90 Å². The van der Waals surface area contributed by atoms with Crippen molar-refractivity contribution in [1.82, 2.24) is 10.2 Å². The highest BCUT2D eigenvalue weighted by Gasteiger charge is 2.34. The van der Waals surface area contributed by atoms with Gasteiger partial charge in [-0.1, -0.05) is 47.7 Å². The molecule has 1 atom stereocenters. The van der Waals surface area contributed by atoms with E-state index in [2.05, 4.69) is 22.4 Å². The molecule has 0 saturated carbocycles. The Morgan fingerprint density at radius 1 is 1.13 bits per heavy atom. The van der Waals surface area contributed by atoms with Crippen LogP contribution in [-0.2, 0) is 9.59 Å². The molecule has 2 heterocycles. The van der Waals surface area contributed by atoms with Gasteiger partial charge in [-0.3, -0.25) is 14.9 Å². The third-order valence-electron chi connectivity index (χ3n) is 5.17. The summed E-state index contributed by atoms with van der Waals surface area (Å²) in [5, 5.41) is 12.2. The van der Waals surface area contributed by atoms with Crippen molar-refractivity contribution >= 4 is 40.0 Å². The summed E-state index contributed by atoms with van der Waals surface area (Å²) in [6.45, 7) is 4.67. The fourth-order valence-corrected chi connectivity index (χ4v) is 4.19. The Labute approximate surface area is 179 Å². The predicted octanol–water partition coefficient (Wildman–Crippen LogP) is 4.33. The Morgan fingerprint density at radius 2 is 1.93 bits per heavy atom. The summed E-state index contributed by atoms with van der Waals surface area (Å²) in [6.07, 6.45) is 3.61. The van der Waals surface area contributed by atoms with E-state index in [0.29, 0.717) is 18.1 Å². The van der Waals surface area contributed by atoms with Crippen molar-refractivity contribution in [3.05, 3.63) is 76.3 Å². The molecule has 0 aliphatic carbocycles. The summed E-state index contributed by atoms with van der Waals surface area (Å²) < 4.78 is 0. The molecule has 6 nitrogen and oxygen atoms in total. The number of aromatic nitrogens is 2. The van der Waals surface area contributed by atoms with Gasteiger partial charge in [-0.15, -0.1) is 10.2 Å². The summed E-state index contributed by atoms with van der Waals surface area (Å²) in [5.41, 5.74) is 4.22. The lowest BCUT2D eigenvalue weighted by Crippen LogP contribution is -2.24. The van der Waals surface area contributed by atoms with Gasteiger partial charge in [0.2, 0.25) is 16.9 Å². The van der Waals surface area contributed by atoms with Crippen molar-refractivity contribution in [2.45, 2.75) is 26.2 Å². The SMILES string of the molecule is Cc1ccc(N2CC(c3nnc(NC(=O)/C=C/c4ccccc4)s3)CC2=O)cc1C. The summed E-state index contributed by atoms with van der Waals surface area (Å²) in [6, 6.07) is 15.7. The maximum atomic E-state index is 12.6. The second kappa shape index (κ2) is 8.59. The van der Waals surface area contributed by atoms with Gasteiger partial charge in [-0.05, 0) is 48.7 Å². The molecule has 2 aromatic carbocycles. The molecule has 3 aromatic rings. The van der Waals surface area contributed by atoms with E-state index in [1.165, 1.54) is 23.0 Å². The summed E-state index contributed by atoms with van der Waals surface area (Å²) >= 11 is 1.32. The van der Waals surface area contributed by atoms with Crippen molar-refractivity contribution in [1.29, 1.82) is 0 Å². The van der Waals surface area contributed by atoms with Gasteiger partial charge >= 0.3 is 0 Å². The van der Waals surface area contributed by atoms with Crippen LogP contribution in [0, 0.1) is 13.8 Å². The minimum Gasteiger partial charge on any atom is -0.312 e. The van der Waals surface area contributed by atoms with Gasteiger partial charge in [-0.25, -0.2) is 0 Å². The normalized spacial score (nSPS) is 16.4. The molecule has 1 aliphatic rings. The minimum atomic E-state index is -0.263. The predicted molar refractivity (Wildman–Crippen MR) is 120 cm³/mol. The van der Waals surface area contributed by atoms with E-state index in [4.69, 9.17) is 0 Å². The average Bonchev–Trinajstić information content (AvgIpc) is 3.36. The van der Waals surface area contributed by atoms with Crippen LogP contribution in [0.3, 0.4) is 0 Å². The summed E-state index contributed by atoms with van der Waals surface area (Å²) in [4.78, 5) is 26.5. The molecule has 152 valence electrons. The van der Waals surface area contributed by atoms with Gasteiger partial charge in [0.15, 0.2) is 0 Å². The largest absolute Gasteiger partial charge is 0.312 e. The Kier molecular flexibility index (Phi) is 5.72. The number of anilines is 2. The highest BCUT2D eigenvalue weighted by molar-refractivity contribution is 7.15. The van der Waals surface area contributed by atoms with Gasteiger partial charge in [0.05, 0.1) is 0 Å². The molecule has 1 fully saturated rings. The zero-order valence-corrected chi connectivity index (χ0v) is 17.6. The lowest BCUT2D eigenvalue weighted by molar-refractivity contribution is -0.117. The zero-order chi connectivity index (χ0) is 21.1. The van der Waals surface area contributed by atoms with Crippen LogP contribution in [0.1, 0.15) is 34.0 Å². The Balaban J connectivity index is 1.40. The first-order valence-corrected chi connectivity index (χ1v) is 10.6. The summed E-state index contributed by atoms with van der Waals surface area (Å²) in [5.74, 6) is -0.210. The summed E-state index contributed by atoms with van der Waals surface area (Å²) in [7, 11) is 0. The number of carbonyl (C=O) groups excluding carboxylic acids is 2. The first-order valence-electron chi connectivity index (χ1n) is 9.75. The van der Waals surface area contributed by atoms with Crippen LogP contribution < -0.4 is 10.2 Å². The number of rotatable bonds is 5. The Hall–Kier alpha value is -3.32. The Morgan fingerprint density at radius 3 is 2.70 bits per heavy atom. The molecule has 7 heteroatoms. The molecule has 1 aromatic heterocycles. The number of amides is 2. The van der Waals surface area contributed by atoms with Crippen molar-refractivity contribution < 1.29 is 9.59 Å². The third-order valence-corrected chi connectivity index (χ3v) is 6.18. The fraction of sp³-hybridized carbons (Fsp3) is 0.217. The number of aryl methyl sites for hydroxylation is 2. The number of carbonyl (C=O) groups is 2. The second-order valence-electron chi connectivity index (χ2n) is 7.35. The smallest absolute Gasteiger partial charge is 0.250 e. The fourth-order valence-electron chi connectivity index (χ4n) is 3.35. The monoisotopic (exact) mass is 418 g/mol. The van der Waals surface area contributed by atoms with Gasteiger partial charge in [0, 0.05) is 30.6 Å². The van der Waals surface area contributed by atoms with Crippen LogP contribution in [0.5, 0.6) is 0 Å². The molecule has 4 rings (SSSR count). The van der Waals surface area contributed by atoms with E-state index in [1.54, 1.807) is 11.0 Å². The molecule has 0 radical (unpaired) electrons. The lowest BCUT2D eigenvalue weighted by Gasteiger charge is -2.17. The second-order valence-corrected chi connectivity index (χ2v) is 8.36. The number of hydrogen-bond acceptors (Lipinski definition) is 5. The quantitative estimate of drug-likeness (QED) is 0.626. The molecule has 2 amide bonds. The van der Waals surface area contributed by atoms with E-state index < -0.39 is 0 Å². The number of hydrogen-bond donors (Lipinski definition) is 1. The van der Waals surface area contributed by atoms with Crippen LogP contribution in [0.15, 0.2) is 54.6 Å². The maximum absolute atomic E-state index is 12.6. The number of benzene rings is 2. The molecule has 1 N–H and O–H groups in total. The van der Waals surface area contributed by atoms with Crippen molar-refractivity contribution in [3.63, 3.8) is 0 Å². The molecular weight excluding hydrogens is 396 g/mol. The van der Waals surface area contributed by atoms with E-state index in [-0.39, 0.29) is 17.7 Å². The van der Waals surface area contributed by atoms with E-state index in [9.17, 15) is 9.59 Å². The zero-order valence-electron chi connectivity index (χ0n) is 16.8. The van der Waals surface area contributed by atoms with Crippen molar-refractivity contribution in [2.75, 3.05) is 16.8 Å². The van der Waals surface area contributed by atoms with Crippen LogP contribution in [0.4, 0.5) is 10.8 Å². The highest BCUT2D eigenvalue weighted by atomic mass is 32.1. The minimum absolute atomic E-state index is 0.0258. The topological polar surface area (TPSA) is 75.2 Å². The van der Waals surface area contributed by atoms with Gasteiger partial charge in [-0.2, -0.15) is 0 Å². The number of nitrogens with zero attached hydrogens (tertiary/aromatic N) is 3. The molecule has 0 spiro atoms. The molecule has 0 bridgehead atoms. The average molecular weight is 419 g/mol. The molecule has 1 unspecified atom stereocenters. The number of nitrogens with one attached hydrogen (secondary N) is 1. The van der Waals surface area contributed by atoms with Crippen LogP contribution >= 0.6 is 11.3 Å². The van der Waals surface area contributed by atoms with E-state index >= 15 is 0 Å². The van der Waals surface area contributed by atoms with Crippen molar-refractivity contribution in [3.8, 4) is 0 Å². The first-order chi connectivity index (χ1) is 14.5. The Bertz CT molecular complexity index is 1110. The highest BCUT2D eigenvalue weighted by Crippen LogP contribution is 2.34. The molecular formula is C23H22N4O2S. The van der Waals surface area contributed by atoms with Crippen LogP contribution in [0.25, 0.3) is 6.08 Å². The van der Waals surface area contributed by atoms with Crippen molar-refractivity contribution in [2.24, 2.45) is 0 Å². The maximum Gasteiger partial charge on any atom is 0.250 e.